The summed E-state index contributed by atoms with van der Waals surface area (Å²) in [6, 6.07) is 6.96. The largest absolute Gasteiger partial charge is 0.308 e. The number of nitrogens with one attached hydrogen (secondary N) is 1. The third-order valence-electron chi connectivity index (χ3n) is 3.70. The molecule has 0 aliphatic heterocycles. The average molecular weight is 287 g/mol. The summed E-state index contributed by atoms with van der Waals surface area (Å²) in [5.74, 6) is 0.418. The summed E-state index contributed by atoms with van der Waals surface area (Å²) in [6.45, 7) is 6.93. The summed E-state index contributed by atoms with van der Waals surface area (Å²) >= 11 is 0. The predicted octanol–water partition coefficient (Wildman–Crippen LogP) is 3.78. The number of aromatic nitrogens is 2. The molecule has 1 saturated carbocycles. The molecule has 1 fully saturated rings. The number of hydrogen-bond acceptors (Lipinski definition) is 2. The smallest absolute Gasteiger partial charge is 0.123 e. The van der Waals surface area contributed by atoms with E-state index in [4.69, 9.17) is 0 Å². The Morgan fingerprint density at radius 2 is 2.05 bits per heavy atom. The molecule has 0 bridgehead atoms. The molecule has 0 radical (unpaired) electrons. The van der Waals surface area contributed by atoms with Crippen molar-refractivity contribution >= 4 is 0 Å². The lowest BCUT2D eigenvalue weighted by Gasteiger charge is -2.21. The first-order chi connectivity index (χ1) is 9.92. The van der Waals surface area contributed by atoms with Crippen LogP contribution in [0.25, 0.3) is 5.69 Å². The van der Waals surface area contributed by atoms with Gasteiger partial charge in [-0.1, -0.05) is 0 Å². The Morgan fingerprint density at radius 1 is 1.29 bits per heavy atom. The first kappa shape index (κ1) is 14.3. The van der Waals surface area contributed by atoms with Crippen molar-refractivity contribution in [3.05, 3.63) is 47.5 Å². The van der Waals surface area contributed by atoms with Gasteiger partial charge < -0.3 is 5.32 Å². The van der Waals surface area contributed by atoms with E-state index < -0.39 is 0 Å². The highest BCUT2D eigenvalue weighted by atomic mass is 19.1. The first-order valence-corrected chi connectivity index (χ1v) is 7.52. The molecule has 1 N–H and O–H groups in total. The maximum absolute atomic E-state index is 13.6. The number of halogens is 1. The third kappa shape index (κ3) is 3.50. The van der Waals surface area contributed by atoms with Crippen LogP contribution >= 0.6 is 0 Å². The van der Waals surface area contributed by atoms with Crippen molar-refractivity contribution < 1.29 is 4.39 Å². The fraction of sp³-hybridized carbons (Fsp3) is 0.471. The van der Waals surface area contributed by atoms with Crippen LogP contribution in [0, 0.1) is 5.82 Å². The standard InChI is InChI=1S/C17H22FN3/c1-17(2,3)19-11-13-10-14(18)6-7-16(13)21-9-8-15(20-21)12-4-5-12/h6-10,12,19H,4-5,11H2,1-3H3. The van der Waals surface area contributed by atoms with Crippen LogP contribution in [0.5, 0.6) is 0 Å². The topological polar surface area (TPSA) is 29.9 Å². The highest BCUT2D eigenvalue weighted by Crippen LogP contribution is 2.39. The average Bonchev–Trinajstić information content (AvgIpc) is 3.14. The molecule has 0 saturated heterocycles. The predicted molar refractivity (Wildman–Crippen MR) is 82.1 cm³/mol. The van der Waals surface area contributed by atoms with Gasteiger partial charge in [0.15, 0.2) is 0 Å². The minimum Gasteiger partial charge on any atom is -0.308 e. The van der Waals surface area contributed by atoms with E-state index >= 15 is 0 Å². The summed E-state index contributed by atoms with van der Waals surface area (Å²) in [4.78, 5) is 0. The van der Waals surface area contributed by atoms with Crippen LogP contribution in [0.1, 0.15) is 50.8 Å². The van der Waals surface area contributed by atoms with Gasteiger partial charge in [0.1, 0.15) is 5.82 Å². The van der Waals surface area contributed by atoms with Crippen LogP contribution in [0.2, 0.25) is 0 Å². The number of benzene rings is 1. The van der Waals surface area contributed by atoms with Gasteiger partial charge in [0.05, 0.1) is 11.4 Å². The van der Waals surface area contributed by atoms with Crippen LogP contribution in [0.15, 0.2) is 30.5 Å². The third-order valence-corrected chi connectivity index (χ3v) is 3.70. The van der Waals surface area contributed by atoms with E-state index in [0.29, 0.717) is 12.5 Å². The van der Waals surface area contributed by atoms with Crippen LogP contribution in [0.4, 0.5) is 4.39 Å². The molecule has 0 unspecified atom stereocenters. The zero-order valence-corrected chi connectivity index (χ0v) is 12.9. The van der Waals surface area contributed by atoms with Crippen LogP contribution in [0.3, 0.4) is 0 Å². The Labute approximate surface area is 125 Å². The molecule has 3 rings (SSSR count). The highest BCUT2D eigenvalue weighted by Gasteiger charge is 2.26. The second-order valence-electron chi connectivity index (χ2n) is 6.84. The number of rotatable bonds is 4. The molecule has 4 heteroatoms. The minimum atomic E-state index is -0.209. The fourth-order valence-corrected chi connectivity index (χ4v) is 2.35. The lowest BCUT2D eigenvalue weighted by Crippen LogP contribution is -2.35. The van der Waals surface area contributed by atoms with Crippen molar-refractivity contribution in [3.63, 3.8) is 0 Å². The van der Waals surface area contributed by atoms with Gasteiger partial charge in [-0.15, -0.1) is 0 Å². The molecule has 1 aromatic carbocycles. The zero-order chi connectivity index (χ0) is 15.0. The fourth-order valence-electron chi connectivity index (χ4n) is 2.35. The Morgan fingerprint density at radius 3 is 2.71 bits per heavy atom. The van der Waals surface area contributed by atoms with Gasteiger partial charge >= 0.3 is 0 Å². The van der Waals surface area contributed by atoms with Gasteiger partial charge in [0, 0.05) is 24.2 Å². The van der Waals surface area contributed by atoms with Gasteiger partial charge in [-0.2, -0.15) is 5.10 Å². The second-order valence-corrected chi connectivity index (χ2v) is 6.84. The molecule has 1 aliphatic carbocycles. The SMILES string of the molecule is CC(C)(C)NCc1cc(F)ccc1-n1ccc(C2CC2)n1. The van der Waals surface area contributed by atoms with E-state index in [1.54, 1.807) is 12.1 Å². The number of hydrogen-bond donors (Lipinski definition) is 1. The van der Waals surface area contributed by atoms with E-state index in [9.17, 15) is 4.39 Å². The first-order valence-electron chi connectivity index (χ1n) is 7.52. The normalized spacial score (nSPS) is 15.4. The second kappa shape index (κ2) is 5.26. The van der Waals surface area contributed by atoms with Gasteiger partial charge in [-0.05, 0) is 63.4 Å². The van der Waals surface area contributed by atoms with Crippen molar-refractivity contribution in [3.8, 4) is 5.69 Å². The van der Waals surface area contributed by atoms with E-state index in [1.165, 1.54) is 18.9 Å². The van der Waals surface area contributed by atoms with Gasteiger partial charge in [-0.3, -0.25) is 0 Å². The number of nitrogens with zero attached hydrogens (tertiary/aromatic N) is 2. The van der Waals surface area contributed by atoms with E-state index in [2.05, 4.69) is 37.3 Å². The van der Waals surface area contributed by atoms with Crippen molar-refractivity contribution in [2.24, 2.45) is 0 Å². The highest BCUT2D eigenvalue weighted by molar-refractivity contribution is 5.41. The zero-order valence-electron chi connectivity index (χ0n) is 12.9. The Balaban J connectivity index is 1.88. The van der Waals surface area contributed by atoms with Crippen molar-refractivity contribution in [2.75, 3.05) is 0 Å². The van der Waals surface area contributed by atoms with Crippen LogP contribution < -0.4 is 5.32 Å². The Kier molecular flexibility index (Phi) is 3.57. The van der Waals surface area contributed by atoms with Crippen molar-refractivity contribution in [1.82, 2.24) is 15.1 Å². The molecule has 2 aromatic rings. The monoisotopic (exact) mass is 287 g/mol. The van der Waals surface area contributed by atoms with Crippen LogP contribution in [-0.2, 0) is 6.54 Å². The molecule has 0 spiro atoms. The maximum Gasteiger partial charge on any atom is 0.123 e. The van der Waals surface area contributed by atoms with E-state index in [0.717, 1.165) is 16.9 Å². The summed E-state index contributed by atoms with van der Waals surface area (Å²) in [5, 5.41) is 8.05. The molecule has 1 aromatic heterocycles. The van der Waals surface area contributed by atoms with Crippen molar-refractivity contribution in [1.29, 1.82) is 0 Å². The van der Waals surface area contributed by atoms with Gasteiger partial charge in [0.2, 0.25) is 0 Å². The molecular weight excluding hydrogens is 265 g/mol. The lowest BCUT2D eigenvalue weighted by molar-refractivity contribution is 0.423. The van der Waals surface area contributed by atoms with Crippen LogP contribution in [-0.4, -0.2) is 15.3 Å². The Hall–Kier alpha value is -1.68. The van der Waals surface area contributed by atoms with Gasteiger partial charge in [0.25, 0.3) is 0 Å². The quantitative estimate of drug-likeness (QED) is 0.927. The maximum atomic E-state index is 13.6. The molecule has 3 nitrogen and oxygen atoms in total. The summed E-state index contributed by atoms with van der Waals surface area (Å²) in [6.07, 6.45) is 4.44. The molecule has 1 heterocycles. The molecular formula is C17H22FN3. The van der Waals surface area contributed by atoms with E-state index in [1.807, 2.05) is 10.9 Å². The molecule has 1 aliphatic rings. The minimum absolute atomic E-state index is 0.00707. The lowest BCUT2D eigenvalue weighted by atomic mass is 10.1. The summed E-state index contributed by atoms with van der Waals surface area (Å²) in [7, 11) is 0. The Bertz CT molecular complexity index is 636. The van der Waals surface area contributed by atoms with Crippen molar-refractivity contribution in [2.45, 2.75) is 51.6 Å². The molecule has 0 amide bonds. The summed E-state index contributed by atoms with van der Waals surface area (Å²) < 4.78 is 15.4. The molecule has 0 atom stereocenters. The molecule has 21 heavy (non-hydrogen) atoms. The molecule has 112 valence electrons. The summed E-state index contributed by atoms with van der Waals surface area (Å²) in [5.41, 5.74) is 3.01. The van der Waals surface area contributed by atoms with Gasteiger partial charge in [-0.25, -0.2) is 9.07 Å². The van der Waals surface area contributed by atoms with E-state index in [-0.39, 0.29) is 11.4 Å².